The van der Waals surface area contributed by atoms with E-state index in [1.54, 1.807) is 12.1 Å². The summed E-state index contributed by atoms with van der Waals surface area (Å²) in [5, 5.41) is 3.47. The molecule has 1 aliphatic carbocycles. The molecule has 2 heteroatoms. The number of hydrogen-bond acceptors (Lipinski definition) is 1. The van der Waals surface area contributed by atoms with Crippen molar-refractivity contribution in [1.29, 1.82) is 0 Å². The Balaban J connectivity index is 2.18. The van der Waals surface area contributed by atoms with Gasteiger partial charge in [0.15, 0.2) is 0 Å². The lowest BCUT2D eigenvalue weighted by Gasteiger charge is -2.25. The molecule has 0 radical (unpaired) electrons. The van der Waals surface area contributed by atoms with Crippen LogP contribution in [0.4, 0.5) is 4.39 Å². The van der Waals surface area contributed by atoms with Crippen LogP contribution >= 0.6 is 0 Å². The maximum absolute atomic E-state index is 13.8. The summed E-state index contributed by atoms with van der Waals surface area (Å²) in [4.78, 5) is 0. The fourth-order valence-corrected chi connectivity index (χ4v) is 2.90. The molecular weight excluding hydrogens is 201 g/mol. The van der Waals surface area contributed by atoms with Crippen LogP contribution in [0.1, 0.15) is 38.7 Å². The maximum Gasteiger partial charge on any atom is 0.126 e. The van der Waals surface area contributed by atoms with E-state index in [1.807, 2.05) is 12.1 Å². The van der Waals surface area contributed by atoms with Gasteiger partial charge in [-0.1, -0.05) is 32.0 Å². The zero-order valence-electron chi connectivity index (χ0n) is 10.1. The van der Waals surface area contributed by atoms with Gasteiger partial charge in [0.1, 0.15) is 5.82 Å². The van der Waals surface area contributed by atoms with E-state index in [1.165, 1.54) is 0 Å². The SMILES string of the molecule is CCNC1CCC(C)(c2ccccc2F)C1. The number of benzene rings is 1. The Bertz CT molecular complexity index is 364. The van der Waals surface area contributed by atoms with E-state index in [2.05, 4.69) is 19.2 Å². The Morgan fingerprint density at radius 2 is 2.19 bits per heavy atom. The van der Waals surface area contributed by atoms with Crippen molar-refractivity contribution in [3.8, 4) is 0 Å². The van der Waals surface area contributed by atoms with Crippen LogP contribution in [0.3, 0.4) is 0 Å². The van der Waals surface area contributed by atoms with Crippen LogP contribution in [-0.2, 0) is 5.41 Å². The average molecular weight is 221 g/mol. The summed E-state index contributed by atoms with van der Waals surface area (Å²) in [7, 11) is 0. The highest BCUT2D eigenvalue weighted by Crippen LogP contribution is 2.41. The molecule has 0 saturated heterocycles. The Labute approximate surface area is 97.1 Å². The predicted octanol–water partition coefficient (Wildman–Crippen LogP) is 3.25. The van der Waals surface area contributed by atoms with Gasteiger partial charge < -0.3 is 5.32 Å². The molecule has 1 saturated carbocycles. The van der Waals surface area contributed by atoms with E-state index in [0.717, 1.165) is 31.4 Å². The molecule has 0 aliphatic heterocycles. The van der Waals surface area contributed by atoms with Gasteiger partial charge in [-0.15, -0.1) is 0 Å². The van der Waals surface area contributed by atoms with Crippen LogP contribution in [0.5, 0.6) is 0 Å². The standard InChI is InChI=1S/C14H20FN/c1-3-16-11-8-9-14(2,10-11)12-6-4-5-7-13(12)15/h4-7,11,16H,3,8-10H2,1-2H3. The van der Waals surface area contributed by atoms with E-state index in [0.29, 0.717) is 6.04 Å². The van der Waals surface area contributed by atoms with Crippen molar-refractivity contribution in [1.82, 2.24) is 5.32 Å². The van der Waals surface area contributed by atoms with E-state index < -0.39 is 0 Å². The van der Waals surface area contributed by atoms with Crippen LogP contribution < -0.4 is 5.32 Å². The summed E-state index contributed by atoms with van der Waals surface area (Å²) < 4.78 is 13.8. The molecule has 0 amide bonds. The largest absolute Gasteiger partial charge is 0.314 e. The Morgan fingerprint density at radius 3 is 2.88 bits per heavy atom. The summed E-state index contributed by atoms with van der Waals surface area (Å²) in [6.07, 6.45) is 3.27. The molecule has 16 heavy (non-hydrogen) atoms. The fourth-order valence-electron chi connectivity index (χ4n) is 2.90. The van der Waals surface area contributed by atoms with Gasteiger partial charge >= 0.3 is 0 Å². The van der Waals surface area contributed by atoms with E-state index >= 15 is 0 Å². The molecule has 2 atom stereocenters. The van der Waals surface area contributed by atoms with Gasteiger partial charge in [0.2, 0.25) is 0 Å². The number of hydrogen-bond donors (Lipinski definition) is 1. The third-order valence-electron chi connectivity index (χ3n) is 3.76. The minimum atomic E-state index is -0.0536. The summed E-state index contributed by atoms with van der Waals surface area (Å²) >= 11 is 0. The van der Waals surface area contributed by atoms with Crippen molar-refractivity contribution >= 4 is 0 Å². The van der Waals surface area contributed by atoms with Crippen LogP contribution in [-0.4, -0.2) is 12.6 Å². The lowest BCUT2D eigenvalue weighted by atomic mass is 9.80. The first-order chi connectivity index (χ1) is 7.65. The first kappa shape index (κ1) is 11.6. The van der Waals surface area contributed by atoms with Crippen molar-refractivity contribution in [3.63, 3.8) is 0 Å². The summed E-state index contributed by atoms with van der Waals surface area (Å²) in [5.41, 5.74) is 0.897. The molecule has 2 unspecified atom stereocenters. The maximum atomic E-state index is 13.8. The highest BCUT2D eigenvalue weighted by atomic mass is 19.1. The summed E-state index contributed by atoms with van der Waals surface area (Å²) in [6, 6.07) is 7.75. The quantitative estimate of drug-likeness (QED) is 0.826. The molecule has 88 valence electrons. The molecule has 1 fully saturated rings. The molecule has 0 aromatic heterocycles. The van der Waals surface area contributed by atoms with E-state index in [4.69, 9.17) is 0 Å². The molecule has 2 rings (SSSR count). The van der Waals surface area contributed by atoms with E-state index in [-0.39, 0.29) is 11.2 Å². The zero-order chi connectivity index (χ0) is 11.6. The van der Waals surface area contributed by atoms with Crippen LogP contribution in [0, 0.1) is 5.82 Å². The van der Waals surface area contributed by atoms with Crippen LogP contribution in [0.15, 0.2) is 24.3 Å². The van der Waals surface area contributed by atoms with Crippen LogP contribution in [0.25, 0.3) is 0 Å². The smallest absolute Gasteiger partial charge is 0.126 e. The van der Waals surface area contributed by atoms with Gasteiger partial charge in [-0.3, -0.25) is 0 Å². The van der Waals surface area contributed by atoms with Gasteiger partial charge in [-0.25, -0.2) is 4.39 Å². The summed E-state index contributed by atoms with van der Waals surface area (Å²) in [6.45, 7) is 5.31. The van der Waals surface area contributed by atoms with Crippen molar-refractivity contribution in [2.24, 2.45) is 0 Å². The van der Waals surface area contributed by atoms with Gasteiger partial charge in [0, 0.05) is 6.04 Å². The topological polar surface area (TPSA) is 12.0 Å². The molecule has 0 spiro atoms. The molecule has 0 bridgehead atoms. The van der Waals surface area contributed by atoms with Crippen LogP contribution in [0.2, 0.25) is 0 Å². The zero-order valence-corrected chi connectivity index (χ0v) is 10.1. The first-order valence-electron chi connectivity index (χ1n) is 6.14. The van der Waals surface area contributed by atoms with E-state index in [9.17, 15) is 4.39 Å². The van der Waals surface area contributed by atoms with Gasteiger partial charge in [-0.05, 0) is 42.9 Å². The molecule has 1 aromatic rings. The third-order valence-corrected chi connectivity index (χ3v) is 3.76. The molecule has 1 nitrogen and oxygen atoms in total. The van der Waals surface area contributed by atoms with Gasteiger partial charge in [-0.2, -0.15) is 0 Å². The van der Waals surface area contributed by atoms with Gasteiger partial charge in [0.05, 0.1) is 0 Å². The second-order valence-corrected chi connectivity index (χ2v) is 5.04. The lowest BCUT2D eigenvalue weighted by molar-refractivity contribution is 0.435. The monoisotopic (exact) mass is 221 g/mol. The Hall–Kier alpha value is -0.890. The number of rotatable bonds is 3. The molecule has 1 aromatic carbocycles. The first-order valence-corrected chi connectivity index (χ1v) is 6.14. The minimum Gasteiger partial charge on any atom is -0.314 e. The van der Waals surface area contributed by atoms with Crippen molar-refractivity contribution in [2.45, 2.75) is 44.6 Å². The second kappa shape index (κ2) is 4.54. The fraction of sp³-hybridized carbons (Fsp3) is 0.571. The molecule has 1 N–H and O–H groups in total. The highest BCUT2D eigenvalue weighted by molar-refractivity contribution is 5.28. The van der Waals surface area contributed by atoms with Crippen molar-refractivity contribution in [3.05, 3.63) is 35.6 Å². The highest BCUT2D eigenvalue weighted by Gasteiger charge is 2.37. The average Bonchev–Trinajstić information content (AvgIpc) is 2.62. The third kappa shape index (κ3) is 2.12. The van der Waals surface area contributed by atoms with Crippen molar-refractivity contribution < 1.29 is 4.39 Å². The lowest BCUT2D eigenvalue weighted by Crippen LogP contribution is -2.29. The second-order valence-electron chi connectivity index (χ2n) is 5.04. The molecule has 1 aliphatic rings. The number of halogens is 1. The summed E-state index contributed by atoms with van der Waals surface area (Å²) in [5.74, 6) is -0.0536. The predicted molar refractivity (Wildman–Crippen MR) is 65.1 cm³/mol. The Morgan fingerprint density at radius 1 is 1.44 bits per heavy atom. The van der Waals surface area contributed by atoms with Gasteiger partial charge in [0.25, 0.3) is 0 Å². The minimum absolute atomic E-state index is 0.0121. The Kier molecular flexibility index (Phi) is 3.29. The molecule has 0 heterocycles. The van der Waals surface area contributed by atoms with Crippen molar-refractivity contribution in [2.75, 3.05) is 6.54 Å². The normalized spacial score (nSPS) is 29.6. The molecular formula is C14H20FN. The number of nitrogens with one attached hydrogen (secondary N) is 1.